The van der Waals surface area contributed by atoms with Gasteiger partial charge in [-0.25, -0.2) is 9.97 Å². The molecule has 0 aliphatic heterocycles. The average molecular weight is 371 g/mol. The molecular weight excluding hydrogens is 350 g/mol. The summed E-state index contributed by atoms with van der Waals surface area (Å²) in [6, 6.07) is 13.3. The first-order valence-electron chi connectivity index (χ1n) is 8.95. The molecule has 0 atom stereocenters. The predicted molar refractivity (Wildman–Crippen MR) is 110 cm³/mol. The number of anilines is 1. The first kappa shape index (κ1) is 19.2. The fraction of sp³-hybridized carbons (Fsp3) is 0.130. The summed E-state index contributed by atoms with van der Waals surface area (Å²) < 4.78 is 0. The van der Waals surface area contributed by atoms with Gasteiger partial charge >= 0.3 is 0 Å². The second-order valence-corrected chi connectivity index (χ2v) is 6.61. The fourth-order valence-corrected chi connectivity index (χ4v) is 2.67. The van der Waals surface area contributed by atoms with Crippen LogP contribution >= 0.6 is 0 Å². The summed E-state index contributed by atoms with van der Waals surface area (Å²) in [7, 11) is 0. The van der Waals surface area contributed by atoms with Crippen molar-refractivity contribution in [2.24, 2.45) is 0 Å². The van der Waals surface area contributed by atoms with Gasteiger partial charge in [0, 0.05) is 41.7 Å². The van der Waals surface area contributed by atoms with Gasteiger partial charge in [-0.3, -0.25) is 9.59 Å². The van der Waals surface area contributed by atoms with Crippen LogP contribution in [0.15, 0.2) is 67.3 Å². The fourth-order valence-electron chi connectivity index (χ4n) is 2.67. The molecule has 0 aliphatic carbocycles. The molecule has 140 valence electrons. The molecule has 1 N–H and O–H groups in total. The number of aromatic nitrogens is 2. The number of Topliss-reactive ketones (excluding diaryl/α,β-unsaturated/α-hetero) is 1. The molecule has 5 heteroatoms. The van der Waals surface area contributed by atoms with E-state index in [-0.39, 0.29) is 11.7 Å². The van der Waals surface area contributed by atoms with Crippen LogP contribution in [0, 0.1) is 13.8 Å². The van der Waals surface area contributed by atoms with E-state index in [0.29, 0.717) is 17.7 Å². The summed E-state index contributed by atoms with van der Waals surface area (Å²) in [6.45, 7) is 3.90. The van der Waals surface area contributed by atoms with Crippen LogP contribution < -0.4 is 5.32 Å². The van der Waals surface area contributed by atoms with Crippen LogP contribution in [0.1, 0.15) is 32.6 Å². The van der Waals surface area contributed by atoms with Crippen LogP contribution in [0.5, 0.6) is 0 Å². The van der Waals surface area contributed by atoms with Gasteiger partial charge in [-0.15, -0.1) is 0 Å². The first-order valence-corrected chi connectivity index (χ1v) is 8.95. The third kappa shape index (κ3) is 5.20. The van der Waals surface area contributed by atoms with Gasteiger partial charge in [-0.2, -0.15) is 0 Å². The van der Waals surface area contributed by atoms with E-state index in [0.717, 1.165) is 22.3 Å². The first-order chi connectivity index (χ1) is 13.5. The van der Waals surface area contributed by atoms with Gasteiger partial charge in [0.05, 0.1) is 0 Å². The largest absolute Gasteiger partial charge is 0.322 e. The van der Waals surface area contributed by atoms with E-state index in [9.17, 15) is 9.59 Å². The maximum absolute atomic E-state index is 12.6. The Morgan fingerprint density at radius 3 is 2.43 bits per heavy atom. The zero-order valence-electron chi connectivity index (χ0n) is 15.8. The standard InChI is InChI=1S/C23H21N3O2/c1-16-3-6-18(7-4-16)11-22(27)20-9-5-17(2)21(12-20)26-23(28)10-8-19-13-24-15-25-14-19/h3-10,12-15H,11H2,1-2H3,(H,26,28)/b10-8+. The molecule has 0 fully saturated rings. The van der Waals surface area contributed by atoms with Crippen molar-refractivity contribution in [2.45, 2.75) is 20.3 Å². The van der Waals surface area contributed by atoms with E-state index in [2.05, 4.69) is 15.3 Å². The summed E-state index contributed by atoms with van der Waals surface area (Å²) in [5.74, 6) is -0.272. The van der Waals surface area contributed by atoms with E-state index < -0.39 is 0 Å². The molecule has 1 amide bonds. The molecule has 3 aromatic rings. The highest BCUT2D eigenvalue weighted by atomic mass is 16.1. The number of nitrogens with zero attached hydrogens (tertiary/aromatic N) is 2. The summed E-state index contributed by atoms with van der Waals surface area (Å²) >= 11 is 0. The van der Waals surface area contributed by atoms with Gasteiger partial charge in [-0.05, 0) is 37.1 Å². The van der Waals surface area contributed by atoms with Crippen molar-refractivity contribution in [1.29, 1.82) is 0 Å². The average Bonchev–Trinajstić information content (AvgIpc) is 2.70. The molecule has 28 heavy (non-hydrogen) atoms. The number of carbonyl (C=O) groups excluding carboxylic acids is 2. The number of amides is 1. The lowest BCUT2D eigenvalue weighted by molar-refractivity contribution is -0.111. The SMILES string of the molecule is Cc1ccc(CC(=O)c2ccc(C)c(NC(=O)/C=C/c3cncnc3)c2)cc1. The molecule has 5 nitrogen and oxygen atoms in total. The molecule has 0 unspecified atom stereocenters. The zero-order valence-corrected chi connectivity index (χ0v) is 15.8. The number of ketones is 1. The second-order valence-electron chi connectivity index (χ2n) is 6.61. The number of hydrogen-bond acceptors (Lipinski definition) is 4. The summed E-state index contributed by atoms with van der Waals surface area (Å²) in [4.78, 5) is 32.6. The highest BCUT2D eigenvalue weighted by Crippen LogP contribution is 2.19. The zero-order chi connectivity index (χ0) is 19.9. The second kappa shape index (κ2) is 8.86. The maximum atomic E-state index is 12.6. The lowest BCUT2D eigenvalue weighted by atomic mass is 10.0. The molecule has 1 aromatic heterocycles. The lowest BCUT2D eigenvalue weighted by Crippen LogP contribution is -2.11. The van der Waals surface area contributed by atoms with Gasteiger partial charge in [0.2, 0.25) is 5.91 Å². The predicted octanol–water partition coefficient (Wildman–Crippen LogP) is 4.17. The van der Waals surface area contributed by atoms with Crippen molar-refractivity contribution in [2.75, 3.05) is 5.32 Å². The van der Waals surface area contributed by atoms with Crippen molar-refractivity contribution >= 4 is 23.5 Å². The molecule has 0 aliphatic rings. The van der Waals surface area contributed by atoms with Gasteiger partial charge < -0.3 is 5.32 Å². The summed E-state index contributed by atoms with van der Waals surface area (Å²) in [5, 5.41) is 2.83. The Hall–Kier alpha value is -3.60. The lowest BCUT2D eigenvalue weighted by Gasteiger charge is -2.09. The quantitative estimate of drug-likeness (QED) is 0.521. The molecule has 0 radical (unpaired) electrons. The molecule has 0 saturated carbocycles. The van der Waals surface area contributed by atoms with Crippen LogP contribution in [-0.4, -0.2) is 21.7 Å². The Bertz CT molecular complexity index is 1010. The number of hydrogen-bond donors (Lipinski definition) is 1. The van der Waals surface area contributed by atoms with E-state index in [1.54, 1.807) is 30.6 Å². The van der Waals surface area contributed by atoms with Gasteiger partial charge in [0.25, 0.3) is 0 Å². The minimum atomic E-state index is -0.282. The smallest absolute Gasteiger partial charge is 0.248 e. The minimum Gasteiger partial charge on any atom is -0.322 e. The Balaban J connectivity index is 1.70. The van der Waals surface area contributed by atoms with Crippen molar-refractivity contribution in [3.05, 3.63) is 95.1 Å². The molecule has 3 rings (SSSR count). The van der Waals surface area contributed by atoms with Crippen molar-refractivity contribution in [1.82, 2.24) is 9.97 Å². The number of rotatable bonds is 6. The normalized spacial score (nSPS) is 10.8. The van der Waals surface area contributed by atoms with Gasteiger partial charge in [0.1, 0.15) is 6.33 Å². The number of aryl methyl sites for hydroxylation is 2. The Morgan fingerprint density at radius 1 is 1.00 bits per heavy atom. The van der Waals surface area contributed by atoms with E-state index >= 15 is 0 Å². The van der Waals surface area contributed by atoms with Crippen LogP contribution in [-0.2, 0) is 11.2 Å². The highest BCUT2D eigenvalue weighted by Gasteiger charge is 2.10. The van der Waals surface area contributed by atoms with Crippen molar-refractivity contribution in [3.63, 3.8) is 0 Å². The van der Waals surface area contributed by atoms with Crippen molar-refractivity contribution < 1.29 is 9.59 Å². The van der Waals surface area contributed by atoms with Crippen LogP contribution in [0.2, 0.25) is 0 Å². The third-order valence-electron chi connectivity index (χ3n) is 4.31. The molecular formula is C23H21N3O2. The van der Waals surface area contributed by atoms with E-state index in [4.69, 9.17) is 0 Å². The number of carbonyl (C=O) groups is 2. The van der Waals surface area contributed by atoms with E-state index in [1.807, 2.05) is 44.2 Å². The van der Waals surface area contributed by atoms with Gasteiger partial charge in [0.15, 0.2) is 5.78 Å². The van der Waals surface area contributed by atoms with E-state index in [1.165, 1.54) is 12.4 Å². The van der Waals surface area contributed by atoms with Crippen LogP contribution in [0.25, 0.3) is 6.08 Å². The summed E-state index contributed by atoms with van der Waals surface area (Å²) in [6.07, 6.45) is 8.04. The monoisotopic (exact) mass is 371 g/mol. The van der Waals surface area contributed by atoms with Crippen molar-refractivity contribution in [3.8, 4) is 0 Å². The number of nitrogens with one attached hydrogen (secondary N) is 1. The van der Waals surface area contributed by atoms with Crippen LogP contribution in [0.4, 0.5) is 5.69 Å². The molecule has 1 heterocycles. The highest BCUT2D eigenvalue weighted by molar-refractivity contribution is 6.04. The topological polar surface area (TPSA) is 72.0 Å². The Kier molecular flexibility index (Phi) is 6.07. The molecule has 0 bridgehead atoms. The Morgan fingerprint density at radius 2 is 1.71 bits per heavy atom. The summed E-state index contributed by atoms with van der Waals surface area (Å²) in [5.41, 5.74) is 4.94. The minimum absolute atomic E-state index is 0.0105. The molecule has 0 saturated heterocycles. The van der Waals surface area contributed by atoms with Crippen LogP contribution in [0.3, 0.4) is 0 Å². The van der Waals surface area contributed by atoms with Gasteiger partial charge in [-0.1, -0.05) is 42.0 Å². The molecule has 0 spiro atoms. The Labute approximate surface area is 164 Å². The third-order valence-corrected chi connectivity index (χ3v) is 4.31. The number of benzene rings is 2. The maximum Gasteiger partial charge on any atom is 0.248 e. The molecule has 2 aromatic carbocycles.